The highest BCUT2D eigenvalue weighted by molar-refractivity contribution is 7.92. The lowest BCUT2D eigenvalue weighted by atomic mass is 10.1. The number of nitrogens with one attached hydrogen (secondary N) is 3. The lowest BCUT2D eigenvalue weighted by Gasteiger charge is -2.19. The van der Waals surface area contributed by atoms with Crippen LogP contribution in [0.4, 0.5) is 4.79 Å². The second-order valence-electron chi connectivity index (χ2n) is 5.83. The smallest absolute Gasteiger partial charge is 0.324 e. The van der Waals surface area contributed by atoms with E-state index in [-0.39, 0.29) is 0 Å². The Kier molecular flexibility index (Phi) is 8.63. The van der Waals surface area contributed by atoms with E-state index in [0.29, 0.717) is 5.56 Å². The molecule has 0 aliphatic rings. The predicted octanol–water partition coefficient (Wildman–Crippen LogP) is 0.600. The number of urea groups is 1. The molecule has 3 N–H and O–H groups in total. The summed E-state index contributed by atoms with van der Waals surface area (Å²) in [6.45, 7) is 2.54. The molecule has 0 aliphatic heterocycles. The minimum Gasteiger partial charge on any atom is -0.454 e. The summed E-state index contributed by atoms with van der Waals surface area (Å²) in [5.41, 5.74) is 0.678. The fraction of sp³-hybridized carbons (Fsp3) is 0.353. The van der Waals surface area contributed by atoms with E-state index >= 15 is 0 Å². The maximum Gasteiger partial charge on any atom is 0.324 e. The molecule has 0 spiro atoms. The zero-order chi connectivity index (χ0) is 20.4. The first kappa shape index (κ1) is 22.3. The summed E-state index contributed by atoms with van der Waals surface area (Å²) in [7, 11) is -2.61. The molecule has 0 aromatic heterocycles. The molecule has 0 bridgehead atoms. The number of rotatable bonds is 8. The highest BCUT2D eigenvalue weighted by Crippen LogP contribution is 2.08. The molecule has 0 fully saturated rings. The van der Waals surface area contributed by atoms with Gasteiger partial charge in [-0.1, -0.05) is 44.2 Å². The van der Waals surface area contributed by atoms with Crippen LogP contribution in [0.15, 0.2) is 35.7 Å². The molecule has 0 aliphatic carbocycles. The molecule has 1 aromatic rings. The van der Waals surface area contributed by atoms with Crippen molar-refractivity contribution in [3.8, 4) is 0 Å². The summed E-state index contributed by atoms with van der Waals surface area (Å²) >= 11 is 0. The van der Waals surface area contributed by atoms with E-state index in [4.69, 9.17) is 4.74 Å². The largest absolute Gasteiger partial charge is 0.454 e. The van der Waals surface area contributed by atoms with Gasteiger partial charge in [0.1, 0.15) is 6.04 Å². The highest BCUT2D eigenvalue weighted by Gasteiger charge is 2.28. The van der Waals surface area contributed by atoms with E-state index in [1.54, 1.807) is 44.2 Å². The second kappa shape index (κ2) is 10.4. The molecule has 0 heterocycles. The molecule has 0 saturated carbocycles. The maximum atomic E-state index is 12.2. The molecule has 1 rings (SSSR count). The van der Waals surface area contributed by atoms with Crippen LogP contribution in [0, 0.1) is 5.92 Å². The molecule has 148 valence electrons. The molecule has 27 heavy (non-hydrogen) atoms. The van der Waals surface area contributed by atoms with Gasteiger partial charge in [-0.2, -0.15) is 4.72 Å². The van der Waals surface area contributed by atoms with Crippen LogP contribution >= 0.6 is 0 Å². The zero-order valence-corrected chi connectivity index (χ0v) is 16.1. The Morgan fingerprint density at radius 1 is 1.15 bits per heavy atom. The van der Waals surface area contributed by atoms with Crippen molar-refractivity contribution in [3.63, 3.8) is 0 Å². The lowest BCUT2D eigenvalue weighted by Crippen LogP contribution is -2.46. The third kappa shape index (κ3) is 8.47. The van der Waals surface area contributed by atoms with Crippen LogP contribution < -0.4 is 15.4 Å². The third-order valence-corrected chi connectivity index (χ3v) is 4.35. The van der Waals surface area contributed by atoms with Crippen LogP contribution in [0.5, 0.6) is 0 Å². The average Bonchev–Trinajstić information content (AvgIpc) is 2.63. The second-order valence-corrected chi connectivity index (χ2v) is 7.43. The lowest BCUT2D eigenvalue weighted by molar-refractivity contribution is -0.150. The van der Waals surface area contributed by atoms with Gasteiger partial charge in [0.2, 0.25) is 10.0 Å². The number of hydrogen-bond acceptors (Lipinski definition) is 6. The van der Waals surface area contributed by atoms with Gasteiger partial charge in [0.05, 0.1) is 0 Å². The number of benzene rings is 1. The molecule has 1 atom stereocenters. The van der Waals surface area contributed by atoms with Gasteiger partial charge in [0, 0.05) is 12.5 Å². The van der Waals surface area contributed by atoms with Crippen LogP contribution in [-0.2, 0) is 24.3 Å². The van der Waals surface area contributed by atoms with Crippen LogP contribution in [0.25, 0.3) is 6.08 Å². The SMILES string of the molecule is CNC(=O)NC(=O)COC(=O)C(NS(=O)(=O)/C=C/c1ccccc1)C(C)C. The van der Waals surface area contributed by atoms with Crippen molar-refractivity contribution in [2.24, 2.45) is 5.92 Å². The number of carbonyl (C=O) groups is 3. The van der Waals surface area contributed by atoms with E-state index < -0.39 is 46.5 Å². The van der Waals surface area contributed by atoms with Crippen molar-refractivity contribution in [2.45, 2.75) is 19.9 Å². The number of esters is 1. The zero-order valence-electron chi connectivity index (χ0n) is 15.3. The molecule has 1 unspecified atom stereocenters. The molecule has 9 nitrogen and oxygen atoms in total. The molecule has 1 aromatic carbocycles. The minimum atomic E-state index is -3.93. The van der Waals surface area contributed by atoms with Crippen LogP contribution in [0.2, 0.25) is 0 Å². The van der Waals surface area contributed by atoms with Crippen molar-refractivity contribution in [1.29, 1.82) is 0 Å². The summed E-state index contributed by atoms with van der Waals surface area (Å²) < 4.78 is 31.5. The van der Waals surface area contributed by atoms with Gasteiger partial charge in [0.25, 0.3) is 5.91 Å². The minimum absolute atomic E-state index is 0.431. The van der Waals surface area contributed by atoms with E-state index in [2.05, 4.69) is 10.0 Å². The van der Waals surface area contributed by atoms with Gasteiger partial charge in [-0.15, -0.1) is 0 Å². The van der Waals surface area contributed by atoms with Gasteiger partial charge in [-0.3, -0.25) is 14.9 Å². The Balaban J connectivity index is 2.71. The highest BCUT2D eigenvalue weighted by atomic mass is 32.2. The molecule has 0 saturated heterocycles. The Bertz CT molecular complexity index is 790. The number of hydrogen-bond donors (Lipinski definition) is 3. The summed E-state index contributed by atoms with van der Waals surface area (Å²) in [5, 5.41) is 5.04. The van der Waals surface area contributed by atoms with E-state index in [9.17, 15) is 22.8 Å². The number of sulfonamides is 1. The summed E-state index contributed by atoms with van der Waals surface area (Å²) in [4.78, 5) is 34.6. The first-order valence-corrected chi connectivity index (χ1v) is 9.63. The predicted molar refractivity (Wildman–Crippen MR) is 99.7 cm³/mol. The third-order valence-electron chi connectivity index (χ3n) is 3.28. The average molecular weight is 397 g/mol. The molecule has 10 heteroatoms. The van der Waals surface area contributed by atoms with Gasteiger partial charge in [0.15, 0.2) is 6.61 Å². The standard InChI is InChI=1S/C17H23N3O6S/c1-12(2)15(16(22)26-11-14(21)19-17(23)18-3)20-27(24,25)10-9-13-7-5-4-6-8-13/h4-10,12,15,20H,11H2,1-3H3,(H2,18,19,21,23)/b10-9+. The maximum absolute atomic E-state index is 12.2. The quantitative estimate of drug-likeness (QED) is 0.551. The van der Waals surface area contributed by atoms with Crippen molar-refractivity contribution >= 4 is 34.0 Å². The van der Waals surface area contributed by atoms with E-state index in [0.717, 1.165) is 5.41 Å². The summed E-state index contributed by atoms with van der Waals surface area (Å²) in [5.74, 6) is -2.19. The Morgan fingerprint density at radius 3 is 2.33 bits per heavy atom. The normalized spacial score (nSPS) is 12.6. The summed E-state index contributed by atoms with van der Waals surface area (Å²) in [6, 6.07) is 6.84. The topological polar surface area (TPSA) is 131 Å². The number of imide groups is 1. The van der Waals surface area contributed by atoms with Gasteiger partial charge >= 0.3 is 12.0 Å². The Morgan fingerprint density at radius 2 is 1.78 bits per heavy atom. The van der Waals surface area contributed by atoms with Gasteiger partial charge in [-0.25, -0.2) is 13.2 Å². The first-order valence-electron chi connectivity index (χ1n) is 8.08. The van der Waals surface area contributed by atoms with Crippen molar-refractivity contribution in [1.82, 2.24) is 15.4 Å². The van der Waals surface area contributed by atoms with Crippen molar-refractivity contribution in [3.05, 3.63) is 41.3 Å². The van der Waals surface area contributed by atoms with Crippen LogP contribution in [0.3, 0.4) is 0 Å². The fourth-order valence-corrected chi connectivity index (χ4v) is 2.99. The van der Waals surface area contributed by atoms with Gasteiger partial charge in [-0.05, 0) is 17.6 Å². The Labute approximate surface area is 158 Å². The molecular weight excluding hydrogens is 374 g/mol. The van der Waals surface area contributed by atoms with Crippen molar-refractivity contribution < 1.29 is 27.5 Å². The van der Waals surface area contributed by atoms with Crippen LogP contribution in [0.1, 0.15) is 19.4 Å². The number of ether oxygens (including phenoxy) is 1. The fourth-order valence-electron chi connectivity index (χ4n) is 1.86. The number of carbonyl (C=O) groups excluding carboxylic acids is 3. The monoisotopic (exact) mass is 397 g/mol. The molecular formula is C17H23N3O6S. The van der Waals surface area contributed by atoms with E-state index in [1.165, 1.54) is 13.1 Å². The van der Waals surface area contributed by atoms with Gasteiger partial charge < -0.3 is 10.1 Å². The van der Waals surface area contributed by atoms with E-state index in [1.807, 2.05) is 5.32 Å². The first-order chi connectivity index (χ1) is 12.6. The van der Waals surface area contributed by atoms with Crippen LogP contribution in [-0.4, -0.2) is 46.0 Å². The molecule has 3 amide bonds. The summed E-state index contributed by atoms with van der Waals surface area (Å²) in [6.07, 6.45) is 1.39. The van der Waals surface area contributed by atoms with Crippen molar-refractivity contribution in [2.75, 3.05) is 13.7 Å². The molecule has 0 radical (unpaired) electrons. The number of amides is 3. The Hall–Kier alpha value is -2.72.